The average Bonchev–Trinajstić information content (AvgIpc) is 2.32. The van der Waals surface area contributed by atoms with Gasteiger partial charge in [-0.15, -0.1) is 0 Å². The van der Waals surface area contributed by atoms with E-state index in [2.05, 4.69) is 5.32 Å². The van der Waals surface area contributed by atoms with E-state index in [1.807, 2.05) is 39.0 Å². The van der Waals surface area contributed by atoms with Crippen LogP contribution in [0.15, 0.2) is 23.4 Å². The summed E-state index contributed by atoms with van der Waals surface area (Å²) < 4.78 is 0. The highest BCUT2D eigenvalue weighted by molar-refractivity contribution is 5.65. The Labute approximate surface area is 106 Å². The third kappa shape index (κ3) is 2.67. The molecule has 4 heteroatoms. The molecule has 0 saturated carbocycles. The molecule has 0 radical (unpaired) electrons. The normalized spacial score (nSPS) is 8.67. The molecule has 0 saturated heterocycles. The van der Waals surface area contributed by atoms with Crippen LogP contribution in [-0.4, -0.2) is 0 Å². The van der Waals surface area contributed by atoms with Crippen LogP contribution in [0.5, 0.6) is 0 Å². The van der Waals surface area contributed by atoms with Gasteiger partial charge < -0.3 is 5.32 Å². The molecule has 0 aliphatic rings. The number of nitrogens with one attached hydrogen (secondary N) is 1. The Kier molecular flexibility index (Phi) is 4.08. The van der Waals surface area contributed by atoms with Crippen molar-refractivity contribution >= 4 is 5.69 Å². The van der Waals surface area contributed by atoms with Gasteiger partial charge in [-0.1, -0.05) is 17.7 Å². The van der Waals surface area contributed by atoms with Crippen LogP contribution in [0.25, 0.3) is 0 Å². The molecule has 0 aromatic heterocycles. The fraction of sp³-hybridized carbons (Fsp3) is 0.214. The Morgan fingerprint density at radius 2 is 1.44 bits per heavy atom. The number of nitriles is 3. The second-order valence-electron chi connectivity index (χ2n) is 3.98. The number of benzene rings is 1. The first-order chi connectivity index (χ1) is 8.53. The van der Waals surface area contributed by atoms with E-state index in [1.54, 1.807) is 12.1 Å². The predicted octanol–water partition coefficient (Wildman–Crippen LogP) is 2.85. The zero-order chi connectivity index (χ0) is 13.7. The zero-order valence-electron chi connectivity index (χ0n) is 10.5. The van der Waals surface area contributed by atoms with Gasteiger partial charge in [0.05, 0.1) is 0 Å². The van der Waals surface area contributed by atoms with E-state index in [4.69, 9.17) is 15.8 Å². The lowest BCUT2D eigenvalue weighted by molar-refractivity contribution is 1.28. The van der Waals surface area contributed by atoms with Crippen LogP contribution >= 0.6 is 0 Å². The maximum absolute atomic E-state index is 8.98. The summed E-state index contributed by atoms with van der Waals surface area (Å²) in [5.74, 6) is 0. The second-order valence-corrected chi connectivity index (χ2v) is 3.98. The van der Waals surface area contributed by atoms with Crippen molar-refractivity contribution in [3.8, 4) is 18.2 Å². The molecule has 4 nitrogen and oxygen atoms in total. The van der Waals surface area contributed by atoms with Crippen molar-refractivity contribution in [2.24, 2.45) is 0 Å². The molecule has 0 atom stereocenters. The predicted molar refractivity (Wildman–Crippen MR) is 68.1 cm³/mol. The maximum atomic E-state index is 8.98. The molecule has 0 amide bonds. The number of aryl methyl sites for hydroxylation is 3. The van der Waals surface area contributed by atoms with Crippen molar-refractivity contribution in [2.45, 2.75) is 20.8 Å². The van der Waals surface area contributed by atoms with Gasteiger partial charge in [0.15, 0.2) is 5.57 Å². The molecule has 88 valence electrons. The second kappa shape index (κ2) is 5.53. The standard InChI is InChI=1S/C14H12N4/c1-9-4-10(2)14(11(3)5-9)18-13(8-17)12(6-15)7-16/h4-5,18H,1-3H3. The fourth-order valence-corrected chi connectivity index (χ4v) is 1.79. The first-order valence-electron chi connectivity index (χ1n) is 5.33. The third-order valence-electron chi connectivity index (χ3n) is 2.51. The fourth-order valence-electron chi connectivity index (χ4n) is 1.79. The van der Waals surface area contributed by atoms with Gasteiger partial charge in [0.1, 0.15) is 23.9 Å². The van der Waals surface area contributed by atoms with Gasteiger partial charge in [0, 0.05) is 5.69 Å². The number of nitrogens with zero attached hydrogens (tertiary/aromatic N) is 3. The topological polar surface area (TPSA) is 83.4 Å². The van der Waals surface area contributed by atoms with Crippen molar-refractivity contribution in [3.63, 3.8) is 0 Å². The lowest BCUT2D eigenvalue weighted by Crippen LogP contribution is -2.04. The molecule has 0 spiro atoms. The third-order valence-corrected chi connectivity index (χ3v) is 2.51. The van der Waals surface area contributed by atoms with Crippen LogP contribution in [-0.2, 0) is 0 Å². The Hall–Kier alpha value is -2.77. The summed E-state index contributed by atoms with van der Waals surface area (Å²) in [6.07, 6.45) is 0. The Bertz CT molecular complexity index is 594. The molecule has 1 aromatic carbocycles. The lowest BCUT2D eigenvalue weighted by atomic mass is 10.0. The van der Waals surface area contributed by atoms with Crippen molar-refractivity contribution < 1.29 is 0 Å². The van der Waals surface area contributed by atoms with E-state index in [0.717, 1.165) is 22.4 Å². The van der Waals surface area contributed by atoms with Crippen LogP contribution in [0.3, 0.4) is 0 Å². The highest BCUT2D eigenvalue weighted by Crippen LogP contribution is 2.23. The largest absolute Gasteiger partial charge is 0.345 e. The minimum absolute atomic E-state index is 0.0185. The van der Waals surface area contributed by atoms with Gasteiger partial charge in [0.2, 0.25) is 0 Å². The monoisotopic (exact) mass is 236 g/mol. The van der Waals surface area contributed by atoms with Gasteiger partial charge in [-0.2, -0.15) is 15.8 Å². The van der Waals surface area contributed by atoms with E-state index < -0.39 is 0 Å². The summed E-state index contributed by atoms with van der Waals surface area (Å²) in [5.41, 5.74) is 3.59. The number of rotatable bonds is 2. The lowest BCUT2D eigenvalue weighted by Gasteiger charge is -2.12. The molecule has 0 aliphatic carbocycles. The molecular weight excluding hydrogens is 224 g/mol. The summed E-state index contributed by atoms with van der Waals surface area (Å²) >= 11 is 0. The van der Waals surface area contributed by atoms with Gasteiger partial charge in [-0.05, 0) is 31.9 Å². The Morgan fingerprint density at radius 1 is 0.944 bits per heavy atom. The van der Waals surface area contributed by atoms with Crippen LogP contribution in [0.2, 0.25) is 0 Å². The minimum Gasteiger partial charge on any atom is -0.345 e. The number of hydrogen-bond donors (Lipinski definition) is 1. The zero-order valence-corrected chi connectivity index (χ0v) is 10.5. The highest BCUT2D eigenvalue weighted by Gasteiger charge is 2.09. The molecule has 0 unspecified atom stereocenters. The van der Waals surface area contributed by atoms with Crippen LogP contribution in [0.4, 0.5) is 5.69 Å². The number of allylic oxidation sites excluding steroid dienone is 2. The smallest absolute Gasteiger partial charge is 0.163 e. The SMILES string of the molecule is Cc1cc(C)c(NC(C#N)=C(C#N)C#N)c(C)c1. The summed E-state index contributed by atoms with van der Waals surface area (Å²) in [6.45, 7) is 5.81. The van der Waals surface area contributed by atoms with Crippen molar-refractivity contribution in [3.05, 3.63) is 40.1 Å². The van der Waals surface area contributed by atoms with E-state index in [9.17, 15) is 0 Å². The van der Waals surface area contributed by atoms with E-state index in [1.165, 1.54) is 0 Å². The van der Waals surface area contributed by atoms with Crippen LogP contribution in [0, 0.1) is 54.8 Å². The summed E-state index contributed by atoms with van der Waals surface area (Å²) in [5, 5.41) is 29.4. The van der Waals surface area contributed by atoms with Crippen LogP contribution < -0.4 is 5.32 Å². The summed E-state index contributed by atoms with van der Waals surface area (Å²) in [4.78, 5) is 0. The summed E-state index contributed by atoms with van der Waals surface area (Å²) in [7, 11) is 0. The molecule has 1 aromatic rings. The minimum atomic E-state index is -0.211. The van der Waals surface area contributed by atoms with Gasteiger partial charge in [-0.3, -0.25) is 0 Å². The molecule has 1 N–H and O–H groups in total. The number of hydrogen-bond acceptors (Lipinski definition) is 4. The van der Waals surface area contributed by atoms with E-state index >= 15 is 0 Å². The Morgan fingerprint density at radius 3 is 1.83 bits per heavy atom. The molecule has 1 rings (SSSR count). The average molecular weight is 236 g/mol. The van der Waals surface area contributed by atoms with Crippen LogP contribution in [0.1, 0.15) is 16.7 Å². The molecule has 0 fully saturated rings. The first-order valence-corrected chi connectivity index (χ1v) is 5.33. The number of anilines is 1. The quantitative estimate of drug-likeness (QED) is 0.800. The van der Waals surface area contributed by atoms with Gasteiger partial charge >= 0.3 is 0 Å². The van der Waals surface area contributed by atoms with Crippen molar-refractivity contribution in [2.75, 3.05) is 5.32 Å². The molecule has 0 bridgehead atoms. The van der Waals surface area contributed by atoms with Crippen molar-refractivity contribution in [1.82, 2.24) is 0 Å². The highest BCUT2D eigenvalue weighted by atomic mass is 14.9. The Balaban J connectivity index is 3.30. The molecule has 0 aliphatic heterocycles. The van der Waals surface area contributed by atoms with Crippen molar-refractivity contribution in [1.29, 1.82) is 15.8 Å². The molecule has 18 heavy (non-hydrogen) atoms. The molecule has 0 heterocycles. The maximum Gasteiger partial charge on any atom is 0.163 e. The van der Waals surface area contributed by atoms with E-state index in [0.29, 0.717) is 0 Å². The molecular formula is C14H12N4. The van der Waals surface area contributed by atoms with Gasteiger partial charge in [-0.25, -0.2) is 0 Å². The summed E-state index contributed by atoms with van der Waals surface area (Å²) in [6, 6.07) is 9.21. The van der Waals surface area contributed by atoms with Gasteiger partial charge in [0.25, 0.3) is 0 Å². The van der Waals surface area contributed by atoms with E-state index in [-0.39, 0.29) is 11.3 Å². The first kappa shape index (κ1) is 13.3.